The van der Waals surface area contributed by atoms with Gasteiger partial charge in [-0.2, -0.15) is 0 Å². The molecule has 1 aromatic heterocycles. The molecule has 0 saturated carbocycles. The number of nitrogens with zero attached hydrogens (tertiary/aromatic N) is 2. The Morgan fingerprint density at radius 1 is 1.19 bits per heavy atom. The van der Waals surface area contributed by atoms with Gasteiger partial charge in [-0.05, 0) is 0 Å². The van der Waals surface area contributed by atoms with E-state index in [1.165, 1.54) is 0 Å². The van der Waals surface area contributed by atoms with Gasteiger partial charge in [0.25, 0.3) is 6.43 Å². The molecule has 0 unspecified atom stereocenters. The minimum absolute atomic E-state index is 0.159. The summed E-state index contributed by atoms with van der Waals surface area (Å²) in [5.41, 5.74) is 0.844. The fourth-order valence-electron chi connectivity index (χ4n) is 1.65. The molecular weight excluding hydrogens is 300 g/mol. The summed E-state index contributed by atoms with van der Waals surface area (Å²) in [5.74, 6) is 1.02. The van der Waals surface area contributed by atoms with E-state index < -0.39 is 13.0 Å². The largest absolute Gasteiger partial charge is 0.374 e. The van der Waals surface area contributed by atoms with Gasteiger partial charge in [0.15, 0.2) is 5.82 Å². The summed E-state index contributed by atoms with van der Waals surface area (Å²) in [5, 5.41) is 3.27. The second-order valence-corrected chi connectivity index (χ2v) is 4.55. The molecule has 2 rings (SSSR count). The van der Waals surface area contributed by atoms with E-state index in [9.17, 15) is 8.78 Å². The highest BCUT2D eigenvalue weighted by Crippen LogP contribution is 2.19. The van der Waals surface area contributed by atoms with Crippen molar-refractivity contribution >= 4 is 17.4 Å². The molecular formula is C14H14ClF2N3O. The second-order valence-electron chi connectivity index (χ2n) is 4.16. The number of hydrogen-bond donors (Lipinski definition) is 1. The molecule has 0 spiro atoms. The Hall–Kier alpha value is -1.79. The molecule has 0 aliphatic rings. The molecule has 0 saturated heterocycles. The third-order valence-electron chi connectivity index (χ3n) is 2.52. The third-order valence-corrected chi connectivity index (χ3v) is 2.72. The topological polar surface area (TPSA) is 47.0 Å². The molecule has 112 valence electrons. The lowest BCUT2D eigenvalue weighted by molar-refractivity contribution is 0.0215. The zero-order valence-electron chi connectivity index (χ0n) is 11.1. The van der Waals surface area contributed by atoms with Crippen molar-refractivity contribution in [3.8, 4) is 11.4 Å². The van der Waals surface area contributed by atoms with Crippen molar-refractivity contribution in [2.45, 2.75) is 6.43 Å². The highest BCUT2D eigenvalue weighted by atomic mass is 35.5. The van der Waals surface area contributed by atoms with Gasteiger partial charge >= 0.3 is 0 Å². The smallest absolute Gasteiger partial charge is 0.261 e. The van der Waals surface area contributed by atoms with Crippen LogP contribution in [0.4, 0.5) is 14.6 Å². The molecule has 0 radical (unpaired) electrons. The van der Waals surface area contributed by atoms with Gasteiger partial charge in [-0.1, -0.05) is 41.9 Å². The van der Waals surface area contributed by atoms with Crippen molar-refractivity contribution in [1.29, 1.82) is 0 Å². The number of nitrogens with one attached hydrogen (secondary N) is 1. The summed E-state index contributed by atoms with van der Waals surface area (Å²) in [4.78, 5) is 8.48. The maximum atomic E-state index is 11.9. The van der Waals surface area contributed by atoms with Gasteiger partial charge in [-0.25, -0.2) is 18.7 Å². The Kier molecular flexibility index (Phi) is 5.83. The van der Waals surface area contributed by atoms with Crippen LogP contribution in [0.1, 0.15) is 0 Å². The van der Waals surface area contributed by atoms with Gasteiger partial charge in [0.2, 0.25) is 0 Å². The number of anilines is 1. The third kappa shape index (κ3) is 5.24. The SMILES string of the molecule is FC(F)COCCNc1cc(Cl)nc(-c2ccccc2)n1. The van der Waals surface area contributed by atoms with E-state index in [2.05, 4.69) is 15.3 Å². The number of halogens is 3. The first-order chi connectivity index (χ1) is 10.1. The van der Waals surface area contributed by atoms with E-state index in [4.69, 9.17) is 16.3 Å². The number of benzene rings is 1. The number of rotatable bonds is 7. The van der Waals surface area contributed by atoms with Crippen molar-refractivity contribution in [3.63, 3.8) is 0 Å². The summed E-state index contributed by atoms with van der Waals surface area (Å²) in [6.07, 6.45) is -2.46. The predicted molar refractivity (Wildman–Crippen MR) is 77.8 cm³/mol. The van der Waals surface area contributed by atoms with Gasteiger partial charge < -0.3 is 10.1 Å². The van der Waals surface area contributed by atoms with Gasteiger partial charge in [-0.15, -0.1) is 0 Å². The molecule has 1 aromatic carbocycles. The number of hydrogen-bond acceptors (Lipinski definition) is 4. The molecule has 0 aliphatic heterocycles. The lowest BCUT2D eigenvalue weighted by Gasteiger charge is -2.08. The van der Waals surface area contributed by atoms with Crippen LogP contribution >= 0.6 is 11.6 Å². The van der Waals surface area contributed by atoms with E-state index in [0.29, 0.717) is 23.3 Å². The Labute approximate surface area is 126 Å². The lowest BCUT2D eigenvalue weighted by Crippen LogP contribution is -2.14. The normalized spacial score (nSPS) is 10.9. The minimum atomic E-state index is -2.46. The highest BCUT2D eigenvalue weighted by Gasteiger charge is 2.06. The molecule has 0 amide bonds. The zero-order valence-corrected chi connectivity index (χ0v) is 11.9. The van der Waals surface area contributed by atoms with Crippen LogP contribution in [0.25, 0.3) is 11.4 Å². The molecule has 1 heterocycles. The van der Waals surface area contributed by atoms with Gasteiger partial charge in [0.1, 0.15) is 17.6 Å². The first-order valence-corrected chi connectivity index (χ1v) is 6.72. The van der Waals surface area contributed by atoms with Crippen LogP contribution in [0.15, 0.2) is 36.4 Å². The average molecular weight is 314 g/mol. The van der Waals surface area contributed by atoms with Gasteiger partial charge in [0.05, 0.1) is 6.61 Å². The maximum absolute atomic E-state index is 11.9. The molecule has 0 atom stereocenters. The Morgan fingerprint density at radius 2 is 1.95 bits per heavy atom. The summed E-state index contributed by atoms with van der Waals surface area (Å²) in [7, 11) is 0. The molecule has 21 heavy (non-hydrogen) atoms. The van der Waals surface area contributed by atoms with Crippen LogP contribution in [-0.2, 0) is 4.74 Å². The number of alkyl halides is 2. The average Bonchev–Trinajstić information content (AvgIpc) is 2.47. The molecule has 7 heteroatoms. The monoisotopic (exact) mass is 313 g/mol. The van der Waals surface area contributed by atoms with Crippen molar-refractivity contribution in [2.24, 2.45) is 0 Å². The van der Waals surface area contributed by atoms with E-state index in [1.54, 1.807) is 6.07 Å². The summed E-state index contributed by atoms with van der Waals surface area (Å²) in [6.45, 7) is -0.0532. The molecule has 1 N–H and O–H groups in total. The number of ether oxygens (including phenoxy) is 1. The first-order valence-electron chi connectivity index (χ1n) is 6.35. The molecule has 4 nitrogen and oxygen atoms in total. The van der Waals surface area contributed by atoms with Gasteiger partial charge in [0, 0.05) is 18.2 Å². The highest BCUT2D eigenvalue weighted by molar-refractivity contribution is 6.29. The van der Waals surface area contributed by atoms with Crippen molar-refractivity contribution in [3.05, 3.63) is 41.6 Å². The van der Waals surface area contributed by atoms with Crippen LogP contribution in [0.2, 0.25) is 5.15 Å². The van der Waals surface area contributed by atoms with E-state index >= 15 is 0 Å². The van der Waals surface area contributed by atoms with Crippen LogP contribution < -0.4 is 5.32 Å². The molecule has 2 aromatic rings. The Bertz CT molecular complexity index is 569. The van der Waals surface area contributed by atoms with E-state index in [-0.39, 0.29) is 6.61 Å². The molecule has 0 bridgehead atoms. The van der Waals surface area contributed by atoms with Crippen LogP contribution in [0.5, 0.6) is 0 Å². The lowest BCUT2D eigenvalue weighted by atomic mass is 10.2. The first kappa shape index (κ1) is 15.6. The van der Waals surface area contributed by atoms with Crippen LogP contribution in [0.3, 0.4) is 0 Å². The van der Waals surface area contributed by atoms with Crippen LogP contribution in [-0.4, -0.2) is 36.2 Å². The van der Waals surface area contributed by atoms with Crippen molar-refractivity contribution < 1.29 is 13.5 Å². The van der Waals surface area contributed by atoms with Gasteiger partial charge in [-0.3, -0.25) is 0 Å². The summed E-state index contributed by atoms with van der Waals surface area (Å²) in [6, 6.07) is 11.0. The molecule has 0 aliphatic carbocycles. The second kappa shape index (κ2) is 7.85. The van der Waals surface area contributed by atoms with Crippen molar-refractivity contribution in [2.75, 3.05) is 25.1 Å². The Balaban J connectivity index is 1.96. The summed E-state index contributed by atoms with van der Waals surface area (Å²) >= 11 is 5.96. The fraction of sp³-hybridized carbons (Fsp3) is 0.286. The minimum Gasteiger partial charge on any atom is -0.374 e. The van der Waals surface area contributed by atoms with E-state index in [0.717, 1.165) is 5.56 Å². The predicted octanol–water partition coefficient (Wildman–Crippen LogP) is 3.49. The Morgan fingerprint density at radius 3 is 2.67 bits per heavy atom. The molecule has 0 fully saturated rings. The van der Waals surface area contributed by atoms with E-state index in [1.807, 2.05) is 30.3 Å². The maximum Gasteiger partial charge on any atom is 0.261 e. The summed E-state index contributed by atoms with van der Waals surface area (Å²) < 4.78 is 28.6. The zero-order chi connectivity index (χ0) is 15.1. The standard InChI is InChI=1S/C14H14ClF2N3O/c15-11-8-13(18-6-7-21-9-12(16)17)20-14(19-11)10-4-2-1-3-5-10/h1-5,8,12H,6-7,9H2,(H,18,19,20). The number of aromatic nitrogens is 2. The van der Waals surface area contributed by atoms with Crippen LogP contribution in [0, 0.1) is 0 Å². The fourth-order valence-corrected chi connectivity index (χ4v) is 1.83. The quantitative estimate of drug-likeness (QED) is 0.628. The van der Waals surface area contributed by atoms with Crippen molar-refractivity contribution in [1.82, 2.24) is 9.97 Å².